The zero-order valence-corrected chi connectivity index (χ0v) is 6.30. The van der Waals surface area contributed by atoms with E-state index in [4.69, 9.17) is 0 Å². The lowest BCUT2D eigenvalue weighted by Crippen LogP contribution is -2.08. The van der Waals surface area contributed by atoms with Crippen LogP contribution in [0.25, 0.3) is 0 Å². The SMILES string of the molecule is CCC1C[C@@H](C)[C@@H](O)C1. The van der Waals surface area contributed by atoms with Crippen LogP contribution in [0.15, 0.2) is 0 Å². The third kappa shape index (κ3) is 1.45. The summed E-state index contributed by atoms with van der Waals surface area (Å²) in [7, 11) is 0. The van der Waals surface area contributed by atoms with E-state index in [1.165, 1.54) is 12.8 Å². The third-order valence-corrected chi connectivity index (χ3v) is 2.51. The number of hydrogen-bond acceptors (Lipinski definition) is 1. The molecule has 0 aromatic carbocycles. The highest BCUT2D eigenvalue weighted by molar-refractivity contribution is 4.79. The van der Waals surface area contributed by atoms with Crippen molar-refractivity contribution in [2.24, 2.45) is 11.8 Å². The molecule has 0 aliphatic heterocycles. The van der Waals surface area contributed by atoms with E-state index < -0.39 is 0 Å². The molecule has 0 heterocycles. The lowest BCUT2D eigenvalue weighted by molar-refractivity contribution is 0.139. The number of aliphatic hydroxyl groups excluding tert-OH is 1. The average Bonchev–Trinajstić information content (AvgIpc) is 2.13. The van der Waals surface area contributed by atoms with Crippen LogP contribution in [0.5, 0.6) is 0 Å². The molecule has 1 unspecified atom stereocenters. The van der Waals surface area contributed by atoms with Crippen LogP contribution in [0.1, 0.15) is 33.1 Å². The average molecular weight is 128 g/mol. The minimum atomic E-state index is -0.00468. The molecular weight excluding hydrogens is 112 g/mol. The maximum Gasteiger partial charge on any atom is 0.0568 e. The summed E-state index contributed by atoms with van der Waals surface area (Å²) in [5.74, 6) is 1.35. The summed E-state index contributed by atoms with van der Waals surface area (Å²) in [6.45, 7) is 4.34. The molecule has 1 nitrogen and oxygen atoms in total. The minimum absolute atomic E-state index is 0.00468. The second-order valence-electron chi connectivity index (χ2n) is 3.29. The van der Waals surface area contributed by atoms with Crippen molar-refractivity contribution in [2.75, 3.05) is 0 Å². The van der Waals surface area contributed by atoms with E-state index in [0.717, 1.165) is 12.3 Å². The van der Waals surface area contributed by atoms with E-state index in [1.807, 2.05) is 0 Å². The van der Waals surface area contributed by atoms with Gasteiger partial charge in [-0.25, -0.2) is 0 Å². The smallest absolute Gasteiger partial charge is 0.0568 e. The van der Waals surface area contributed by atoms with Crippen molar-refractivity contribution >= 4 is 0 Å². The highest BCUT2D eigenvalue weighted by atomic mass is 16.3. The van der Waals surface area contributed by atoms with Gasteiger partial charge in [0.2, 0.25) is 0 Å². The molecule has 54 valence electrons. The van der Waals surface area contributed by atoms with Gasteiger partial charge in [-0.1, -0.05) is 20.3 Å². The monoisotopic (exact) mass is 128 g/mol. The molecule has 1 saturated carbocycles. The van der Waals surface area contributed by atoms with Crippen LogP contribution < -0.4 is 0 Å². The van der Waals surface area contributed by atoms with Gasteiger partial charge in [0.05, 0.1) is 6.10 Å². The van der Waals surface area contributed by atoms with Crippen molar-refractivity contribution in [3.8, 4) is 0 Å². The Labute approximate surface area is 57.1 Å². The van der Waals surface area contributed by atoms with Gasteiger partial charge in [0.15, 0.2) is 0 Å². The molecule has 0 radical (unpaired) electrons. The van der Waals surface area contributed by atoms with Crippen LogP contribution in [0.4, 0.5) is 0 Å². The molecule has 3 atom stereocenters. The van der Waals surface area contributed by atoms with Crippen molar-refractivity contribution in [2.45, 2.75) is 39.2 Å². The number of hydrogen-bond donors (Lipinski definition) is 1. The molecule has 1 aliphatic rings. The minimum Gasteiger partial charge on any atom is -0.393 e. The Morgan fingerprint density at radius 2 is 2.11 bits per heavy atom. The Morgan fingerprint density at radius 1 is 1.44 bits per heavy atom. The maximum absolute atomic E-state index is 9.30. The van der Waals surface area contributed by atoms with Crippen molar-refractivity contribution in [1.29, 1.82) is 0 Å². The Balaban J connectivity index is 2.35. The molecule has 0 amide bonds. The first-order valence-electron chi connectivity index (χ1n) is 3.92. The first-order valence-corrected chi connectivity index (χ1v) is 3.92. The molecule has 9 heavy (non-hydrogen) atoms. The van der Waals surface area contributed by atoms with Crippen LogP contribution in [0.2, 0.25) is 0 Å². The van der Waals surface area contributed by atoms with E-state index in [0.29, 0.717) is 5.92 Å². The first-order chi connectivity index (χ1) is 4.24. The molecule has 0 aromatic rings. The number of rotatable bonds is 1. The Kier molecular flexibility index (Phi) is 2.12. The van der Waals surface area contributed by atoms with E-state index in [9.17, 15) is 5.11 Å². The van der Waals surface area contributed by atoms with Gasteiger partial charge in [0, 0.05) is 0 Å². The van der Waals surface area contributed by atoms with Crippen molar-refractivity contribution < 1.29 is 5.11 Å². The number of aliphatic hydroxyl groups is 1. The maximum atomic E-state index is 9.30. The third-order valence-electron chi connectivity index (χ3n) is 2.51. The van der Waals surface area contributed by atoms with Crippen LogP contribution in [0.3, 0.4) is 0 Å². The lowest BCUT2D eigenvalue weighted by Gasteiger charge is -2.04. The summed E-state index contributed by atoms with van der Waals surface area (Å²) in [5.41, 5.74) is 0. The molecule has 1 rings (SSSR count). The Hall–Kier alpha value is -0.0400. The Morgan fingerprint density at radius 3 is 2.33 bits per heavy atom. The fraction of sp³-hybridized carbons (Fsp3) is 1.00. The van der Waals surface area contributed by atoms with E-state index in [-0.39, 0.29) is 6.10 Å². The summed E-state index contributed by atoms with van der Waals surface area (Å²) in [6.07, 6.45) is 3.51. The van der Waals surface area contributed by atoms with Gasteiger partial charge < -0.3 is 5.11 Å². The molecule has 1 aliphatic carbocycles. The lowest BCUT2D eigenvalue weighted by atomic mass is 10.0. The van der Waals surface area contributed by atoms with Gasteiger partial charge >= 0.3 is 0 Å². The van der Waals surface area contributed by atoms with Crippen LogP contribution in [-0.4, -0.2) is 11.2 Å². The standard InChI is InChI=1S/C8H16O/c1-3-7-4-6(2)8(9)5-7/h6-9H,3-5H2,1-2H3/t6-,7?,8+/m1/s1. The predicted octanol–water partition coefficient (Wildman–Crippen LogP) is 1.80. The first kappa shape index (κ1) is 7.07. The van der Waals surface area contributed by atoms with E-state index in [2.05, 4.69) is 13.8 Å². The molecule has 0 bridgehead atoms. The van der Waals surface area contributed by atoms with Gasteiger partial charge in [0.25, 0.3) is 0 Å². The summed E-state index contributed by atoms with van der Waals surface area (Å²) >= 11 is 0. The quantitative estimate of drug-likeness (QED) is 0.571. The van der Waals surface area contributed by atoms with Gasteiger partial charge in [-0.3, -0.25) is 0 Å². The van der Waals surface area contributed by atoms with E-state index in [1.54, 1.807) is 0 Å². The van der Waals surface area contributed by atoms with Crippen molar-refractivity contribution in [1.82, 2.24) is 0 Å². The second-order valence-corrected chi connectivity index (χ2v) is 3.29. The molecule has 1 fully saturated rings. The summed E-state index contributed by atoms with van der Waals surface area (Å²) in [6, 6.07) is 0. The topological polar surface area (TPSA) is 20.2 Å². The summed E-state index contributed by atoms with van der Waals surface area (Å²) < 4.78 is 0. The molecule has 0 saturated heterocycles. The highest BCUT2D eigenvalue weighted by Gasteiger charge is 2.27. The second kappa shape index (κ2) is 2.70. The predicted molar refractivity (Wildman–Crippen MR) is 38.2 cm³/mol. The van der Waals surface area contributed by atoms with Crippen LogP contribution in [0, 0.1) is 11.8 Å². The van der Waals surface area contributed by atoms with Gasteiger partial charge in [-0.15, -0.1) is 0 Å². The summed E-state index contributed by atoms with van der Waals surface area (Å²) in [5, 5.41) is 9.30. The van der Waals surface area contributed by atoms with Crippen LogP contribution in [-0.2, 0) is 0 Å². The van der Waals surface area contributed by atoms with E-state index >= 15 is 0 Å². The fourth-order valence-corrected chi connectivity index (χ4v) is 1.69. The molecule has 1 heteroatoms. The molecule has 0 spiro atoms. The van der Waals surface area contributed by atoms with Crippen LogP contribution >= 0.6 is 0 Å². The zero-order valence-electron chi connectivity index (χ0n) is 6.30. The fourth-order valence-electron chi connectivity index (χ4n) is 1.69. The molecule has 0 aromatic heterocycles. The zero-order chi connectivity index (χ0) is 6.85. The molecule has 1 N–H and O–H groups in total. The van der Waals surface area contributed by atoms with Crippen molar-refractivity contribution in [3.63, 3.8) is 0 Å². The highest BCUT2D eigenvalue weighted by Crippen LogP contribution is 2.32. The van der Waals surface area contributed by atoms with Gasteiger partial charge in [-0.2, -0.15) is 0 Å². The molecular formula is C8H16O. The Bertz CT molecular complexity index is 80.6. The van der Waals surface area contributed by atoms with Gasteiger partial charge in [0.1, 0.15) is 0 Å². The van der Waals surface area contributed by atoms with Crippen molar-refractivity contribution in [3.05, 3.63) is 0 Å². The largest absolute Gasteiger partial charge is 0.393 e. The summed E-state index contributed by atoms with van der Waals surface area (Å²) in [4.78, 5) is 0. The van der Waals surface area contributed by atoms with Gasteiger partial charge in [-0.05, 0) is 24.7 Å². The normalized spacial score (nSPS) is 43.7.